The highest BCUT2D eigenvalue weighted by atomic mass is 16.5. The first-order valence-electron chi connectivity index (χ1n) is 9.68. The molecule has 1 aliphatic rings. The smallest absolute Gasteiger partial charge is 0.303 e. The number of aliphatic carboxylic acids is 1. The lowest BCUT2D eigenvalue weighted by Gasteiger charge is -2.17. The second-order valence-corrected chi connectivity index (χ2v) is 6.95. The molecule has 26 heavy (non-hydrogen) atoms. The Labute approximate surface area is 156 Å². The minimum absolute atomic E-state index is 0.0395. The normalized spacial score (nSPS) is 25.9. The number of rotatable bonds is 13. The molecule has 150 valence electrons. The molecule has 0 amide bonds. The third-order valence-corrected chi connectivity index (χ3v) is 4.56. The van der Waals surface area contributed by atoms with Gasteiger partial charge in [-0.25, -0.2) is 0 Å². The Morgan fingerprint density at radius 1 is 1.19 bits per heavy atom. The van der Waals surface area contributed by atoms with E-state index in [1.807, 2.05) is 6.08 Å². The van der Waals surface area contributed by atoms with Crippen molar-refractivity contribution in [2.75, 3.05) is 0 Å². The summed E-state index contributed by atoms with van der Waals surface area (Å²) in [6.45, 7) is 2.16. The molecule has 0 unspecified atom stereocenters. The minimum Gasteiger partial charge on any atom is -0.481 e. The van der Waals surface area contributed by atoms with Crippen LogP contribution in [0.3, 0.4) is 0 Å². The van der Waals surface area contributed by atoms with Gasteiger partial charge in [-0.15, -0.1) is 0 Å². The van der Waals surface area contributed by atoms with Crippen molar-refractivity contribution >= 4 is 5.97 Å². The van der Waals surface area contributed by atoms with E-state index in [-0.39, 0.29) is 6.42 Å². The van der Waals surface area contributed by atoms with Gasteiger partial charge in [0.25, 0.3) is 0 Å². The summed E-state index contributed by atoms with van der Waals surface area (Å²) in [5.41, 5.74) is 0. The predicted octanol–water partition coefficient (Wildman–Crippen LogP) is 2.56. The molecular weight excluding hydrogens is 336 g/mol. The van der Waals surface area contributed by atoms with E-state index in [0.717, 1.165) is 12.8 Å². The quantitative estimate of drug-likeness (QED) is 0.293. The maximum atomic E-state index is 10.5. The van der Waals surface area contributed by atoms with Crippen LogP contribution >= 0.6 is 0 Å². The second-order valence-electron chi connectivity index (χ2n) is 6.95. The molecule has 0 aromatic heterocycles. The number of hydrogen-bond donors (Lipinski definition) is 4. The van der Waals surface area contributed by atoms with Crippen molar-refractivity contribution in [1.29, 1.82) is 0 Å². The van der Waals surface area contributed by atoms with E-state index in [2.05, 4.69) is 13.0 Å². The van der Waals surface area contributed by atoms with Crippen molar-refractivity contribution in [3.63, 3.8) is 0 Å². The van der Waals surface area contributed by atoms with Crippen molar-refractivity contribution in [3.8, 4) is 0 Å². The first-order chi connectivity index (χ1) is 12.4. The Morgan fingerprint density at radius 3 is 2.65 bits per heavy atom. The summed E-state index contributed by atoms with van der Waals surface area (Å²) in [5, 5.41) is 38.7. The molecule has 5 atom stereocenters. The fraction of sp³-hybridized carbons (Fsp3) is 0.750. The van der Waals surface area contributed by atoms with Gasteiger partial charge in [-0.1, -0.05) is 44.1 Å². The molecule has 1 aliphatic heterocycles. The largest absolute Gasteiger partial charge is 0.481 e. The number of ether oxygens (including phenoxy) is 1. The molecule has 0 bridgehead atoms. The third-order valence-electron chi connectivity index (χ3n) is 4.56. The molecule has 1 saturated heterocycles. The van der Waals surface area contributed by atoms with E-state index < -0.39 is 36.5 Å². The van der Waals surface area contributed by atoms with Gasteiger partial charge < -0.3 is 25.2 Å². The zero-order valence-electron chi connectivity index (χ0n) is 15.7. The molecule has 0 aromatic rings. The molecule has 1 rings (SSSR count). The van der Waals surface area contributed by atoms with Gasteiger partial charge >= 0.3 is 5.97 Å². The number of carboxylic acid groups (broad SMARTS) is 1. The maximum Gasteiger partial charge on any atom is 0.303 e. The van der Waals surface area contributed by atoms with Crippen molar-refractivity contribution in [2.24, 2.45) is 0 Å². The van der Waals surface area contributed by atoms with Gasteiger partial charge in [0, 0.05) is 12.8 Å². The zero-order chi connectivity index (χ0) is 19.4. The SMILES string of the molecule is CCCCC/C=C\C[C@@H](O)/C=C\[C@H](O)[C@H]1C[C@H](O)[C@@H](CCCC(=O)O)O1. The van der Waals surface area contributed by atoms with Gasteiger partial charge in [0.05, 0.1) is 30.5 Å². The van der Waals surface area contributed by atoms with Crippen LogP contribution in [0.15, 0.2) is 24.3 Å². The van der Waals surface area contributed by atoms with Crippen LogP contribution in [0, 0.1) is 0 Å². The number of aliphatic hydroxyl groups excluding tert-OH is 3. The van der Waals surface area contributed by atoms with Crippen molar-refractivity contribution < 1.29 is 30.0 Å². The minimum atomic E-state index is -0.905. The topological polar surface area (TPSA) is 107 Å². The lowest BCUT2D eigenvalue weighted by atomic mass is 10.0. The second kappa shape index (κ2) is 13.0. The molecule has 0 aliphatic carbocycles. The Morgan fingerprint density at radius 2 is 1.96 bits per heavy atom. The number of hydrogen-bond acceptors (Lipinski definition) is 5. The lowest BCUT2D eigenvalue weighted by Crippen LogP contribution is -2.25. The summed E-state index contributed by atoms with van der Waals surface area (Å²) in [5.74, 6) is -0.870. The van der Waals surface area contributed by atoms with Crippen LogP contribution in [0.25, 0.3) is 0 Å². The monoisotopic (exact) mass is 370 g/mol. The van der Waals surface area contributed by atoms with E-state index in [4.69, 9.17) is 9.84 Å². The van der Waals surface area contributed by atoms with E-state index in [9.17, 15) is 20.1 Å². The molecule has 0 saturated carbocycles. The summed E-state index contributed by atoms with van der Waals surface area (Å²) < 4.78 is 5.65. The number of carboxylic acids is 1. The summed E-state index contributed by atoms with van der Waals surface area (Å²) in [4.78, 5) is 10.5. The maximum absolute atomic E-state index is 10.5. The highest BCUT2D eigenvalue weighted by Crippen LogP contribution is 2.27. The summed E-state index contributed by atoms with van der Waals surface area (Å²) in [6.07, 6.45) is 10.1. The highest BCUT2D eigenvalue weighted by molar-refractivity contribution is 5.66. The van der Waals surface area contributed by atoms with E-state index in [1.54, 1.807) is 6.08 Å². The number of allylic oxidation sites excluding steroid dienone is 1. The zero-order valence-corrected chi connectivity index (χ0v) is 15.7. The van der Waals surface area contributed by atoms with Crippen LogP contribution < -0.4 is 0 Å². The third kappa shape index (κ3) is 9.48. The van der Waals surface area contributed by atoms with Gasteiger partial charge in [0.1, 0.15) is 0 Å². The average molecular weight is 370 g/mol. The highest BCUT2D eigenvalue weighted by Gasteiger charge is 2.36. The standard InChI is InChI=1S/C20H34O6/c1-2-3-4-5-6-7-9-15(21)12-13-16(22)19-14-17(23)18(26-19)10-8-11-20(24)25/h6-7,12-13,15-19,21-23H,2-5,8-11,14H2,1H3,(H,24,25)/b7-6-,13-12-/t15-,16+,17+,18-,19-/m1/s1. The molecule has 0 spiro atoms. The van der Waals surface area contributed by atoms with Crippen LogP contribution in [-0.4, -0.2) is 56.9 Å². The fourth-order valence-electron chi connectivity index (χ4n) is 3.01. The summed E-state index contributed by atoms with van der Waals surface area (Å²) in [6, 6.07) is 0. The molecule has 6 nitrogen and oxygen atoms in total. The molecule has 6 heteroatoms. The molecule has 0 aromatic carbocycles. The van der Waals surface area contributed by atoms with Crippen LogP contribution in [0.2, 0.25) is 0 Å². The lowest BCUT2D eigenvalue weighted by molar-refractivity contribution is -0.137. The fourth-order valence-corrected chi connectivity index (χ4v) is 3.01. The molecule has 1 heterocycles. The van der Waals surface area contributed by atoms with Gasteiger partial charge in [-0.3, -0.25) is 4.79 Å². The van der Waals surface area contributed by atoms with E-state index in [1.165, 1.54) is 18.9 Å². The number of unbranched alkanes of at least 4 members (excludes halogenated alkanes) is 3. The van der Waals surface area contributed by atoms with Crippen molar-refractivity contribution in [3.05, 3.63) is 24.3 Å². The van der Waals surface area contributed by atoms with Gasteiger partial charge in [-0.2, -0.15) is 0 Å². The first kappa shape index (κ1) is 22.8. The van der Waals surface area contributed by atoms with E-state index >= 15 is 0 Å². The van der Waals surface area contributed by atoms with Crippen LogP contribution in [0.5, 0.6) is 0 Å². The van der Waals surface area contributed by atoms with Gasteiger partial charge in [-0.05, 0) is 32.1 Å². The Hall–Kier alpha value is -1.21. The molecule has 4 N–H and O–H groups in total. The molecule has 0 radical (unpaired) electrons. The van der Waals surface area contributed by atoms with Crippen LogP contribution in [-0.2, 0) is 9.53 Å². The Bertz CT molecular complexity index is 448. The number of carbonyl (C=O) groups is 1. The molecule has 1 fully saturated rings. The first-order valence-corrected chi connectivity index (χ1v) is 9.68. The van der Waals surface area contributed by atoms with Gasteiger partial charge in [0.15, 0.2) is 0 Å². The van der Waals surface area contributed by atoms with Crippen LogP contribution in [0.1, 0.15) is 64.7 Å². The number of aliphatic hydroxyl groups is 3. The Kier molecular flexibility index (Phi) is 11.4. The van der Waals surface area contributed by atoms with E-state index in [0.29, 0.717) is 25.7 Å². The average Bonchev–Trinajstić information content (AvgIpc) is 2.96. The summed E-state index contributed by atoms with van der Waals surface area (Å²) >= 11 is 0. The van der Waals surface area contributed by atoms with Crippen molar-refractivity contribution in [2.45, 2.75) is 95.2 Å². The predicted molar refractivity (Wildman–Crippen MR) is 99.8 cm³/mol. The van der Waals surface area contributed by atoms with Crippen LogP contribution in [0.4, 0.5) is 0 Å². The Balaban J connectivity index is 2.29. The molecular formula is C20H34O6. The van der Waals surface area contributed by atoms with Crippen molar-refractivity contribution in [1.82, 2.24) is 0 Å². The van der Waals surface area contributed by atoms with Gasteiger partial charge in [0.2, 0.25) is 0 Å². The summed E-state index contributed by atoms with van der Waals surface area (Å²) in [7, 11) is 0.